The Morgan fingerprint density at radius 3 is 2.08 bits per heavy atom. The highest BCUT2D eigenvalue weighted by Gasteiger charge is 2.62. The minimum Gasteiger partial charge on any atom is -0.390 e. The molecular weight excluding hydrogens is 152 g/mol. The molecule has 3 fully saturated rings. The van der Waals surface area contributed by atoms with E-state index in [2.05, 4.69) is 13.8 Å². The number of fused-ring (bicyclic) bond motifs is 2. The summed E-state index contributed by atoms with van der Waals surface area (Å²) in [7, 11) is 0. The van der Waals surface area contributed by atoms with E-state index in [1.807, 2.05) is 0 Å². The Morgan fingerprint density at radius 1 is 1.17 bits per heavy atom. The molecule has 3 rings (SSSR count). The van der Waals surface area contributed by atoms with Crippen molar-refractivity contribution in [3.8, 4) is 0 Å². The Bertz CT molecular complexity index is 208. The van der Waals surface area contributed by atoms with Crippen molar-refractivity contribution in [3.05, 3.63) is 0 Å². The fourth-order valence-corrected chi connectivity index (χ4v) is 3.15. The summed E-state index contributed by atoms with van der Waals surface area (Å²) in [5.74, 6) is 0.913. The molecule has 0 amide bonds. The van der Waals surface area contributed by atoms with Gasteiger partial charge in [-0.15, -0.1) is 0 Å². The van der Waals surface area contributed by atoms with E-state index in [4.69, 9.17) is 0 Å². The maximum atomic E-state index is 10.0. The van der Waals surface area contributed by atoms with Gasteiger partial charge in [0.15, 0.2) is 0 Å². The first-order valence-corrected chi connectivity index (χ1v) is 4.77. The topological polar surface area (TPSA) is 40.5 Å². The first kappa shape index (κ1) is 8.52. The molecule has 3 saturated carbocycles. The van der Waals surface area contributed by atoms with E-state index in [9.17, 15) is 10.2 Å². The van der Waals surface area contributed by atoms with Gasteiger partial charge in [-0.2, -0.15) is 0 Å². The van der Waals surface area contributed by atoms with Crippen LogP contribution in [-0.2, 0) is 0 Å². The van der Waals surface area contributed by atoms with E-state index >= 15 is 0 Å². The molecule has 0 saturated heterocycles. The molecule has 0 spiro atoms. The molecule has 0 aromatic rings. The average Bonchev–Trinajstić information content (AvgIpc) is 1.93. The van der Waals surface area contributed by atoms with Gasteiger partial charge in [-0.1, -0.05) is 13.8 Å². The molecule has 0 aliphatic heterocycles. The Hall–Kier alpha value is -0.0800. The first-order chi connectivity index (χ1) is 5.37. The highest BCUT2D eigenvalue weighted by atomic mass is 16.3. The summed E-state index contributed by atoms with van der Waals surface area (Å²) in [5, 5.41) is 19.7. The minimum atomic E-state index is -0.849. The second-order valence-electron chi connectivity index (χ2n) is 5.28. The molecular formula is C10H18O2. The van der Waals surface area contributed by atoms with Crippen LogP contribution in [0.15, 0.2) is 0 Å². The Balaban J connectivity index is 2.27. The zero-order valence-electron chi connectivity index (χ0n) is 8.04. The van der Waals surface area contributed by atoms with Crippen molar-refractivity contribution in [2.24, 2.45) is 17.3 Å². The summed E-state index contributed by atoms with van der Waals surface area (Å²) in [6.07, 6.45) is 1.36. The molecule has 0 aromatic carbocycles. The van der Waals surface area contributed by atoms with Crippen molar-refractivity contribution < 1.29 is 10.2 Å². The third-order valence-electron chi connectivity index (χ3n) is 4.36. The molecule has 2 heteroatoms. The zero-order chi connectivity index (χ0) is 9.15. The minimum absolute atomic E-state index is 0.239. The molecule has 2 N–H and O–H groups in total. The van der Waals surface area contributed by atoms with Crippen LogP contribution in [0.1, 0.15) is 33.6 Å². The maximum Gasteiger partial charge on any atom is 0.0910 e. The van der Waals surface area contributed by atoms with Gasteiger partial charge in [-0.05, 0) is 37.0 Å². The van der Waals surface area contributed by atoms with Crippen LogP contribution in [-0.4, -0.2) is 21.9 Å². The van der Waals surface area contributed by atoms with Gasteiger partial charge in [0.05, 0.1) is 11.7 Å². The van der Waals surface area contributed by atoms with Crippen LogP contribution in [0.25, 0.3) is 0 Å². The van der Waals surface area contributed by atoms with Gasteiger partial charge in [-0.25, -0.2) is 0 Å². The fourth-order valence-electron chi connectivity index (χ4n) is 3.15. The van der Waals surface area contributed by atoms with Crippen LogP contribution in [0, 0.1) is 17.3 Å². The second kappa shape index (κ2) is 2.05. The van der Waals surface area contributed by atoms with E-state index in [-0.39, 0.29) is 5.41 Å². The van der Waals surface area contributed by atoms with Crippen molar-refractivity contribution in [1.82, 2.24) is 0 Å². The normalized spacial score (nSPS) is 56.2. The van der Waals surface area contributed by atoms with Crippen molar-refractivity contribution in [3.63, 3.8) is 0 Å². The first-order valence-electron chi connectivity index (χ1n) is 4.77. The largest absolute Gasteiger partial charge is 0.390 e. The predicted molar refractivity (Wildman–Crippen MR) is 46.6 cm³/mol. The van der Waals surface area contributed by atoms with E-state index in [0.29, 0.717) is 11.8 Å². The van der Waals surface area contributed by atoms with Crippen LogP contribution in [0.2, 0.25) is 0 Å². The van der Waals surface area contributed by atoms with Gasteiger partial charge in [0, 0.05) is 0 Å². The van der Waals surface area contributed by atoms with Gasteiger partial charge >= 0.3 is 0 Å². The van der Waals surface area contributed by atoms with E-state index in [0.717, 1.165) is 12.8 Å². The molecule has 2 bridgehead atoms. The maximum absolute atomic E-state index is 10.0. The molecule has 1 unspecified atom stereocenters. The standard InChI is InChI=1S/C10H18O2/c1-9(2)6-4-7(9)10(3,12)8(11)5-6/h6-8,11-12H,4-5H2,1-3H3/t6-,7?,8-,10+/m0/s1. The summed E-state index contributed by atoms with van der Waals surface area (Å²) in [4.78, 5) is 0. The van der Waals surface area contributed by atoms with Crippen molar-refractivity contribution in [1.29, 1.82) is 0 Å². The third-order valence-corrected chi connectivity index (χ3v) is 4.36. The quantitative estimate of drug-likeness (QED) is 0.573. The Labute approximate surface area is 73.6 Å². The molecule has 3 aliphatic rings. The Morgan fingerprint density at radius 2 is 1.75 bits per heavy atom. The van der Waals surface area contributed by atoms with Crippen LogP contribution in [0.4, 0.5) is 0 Å². The number of rotatable bonds is 0. The summed E-state index contributed by atoms with van der Waals surface area (Å²) in [5.41, 5.74) is -0.610. The lowest BCUT2D eigenvalue weighted by molar-refractivity contribution is -0.245. The van der Waals surface area contributed by atoms with E-state index < -0.39 is 11.7 Å². The molecule has 12 heavy (non-hydrogen) atoms. The van der Waals surface area contributed by atoms with Gasteiger partial charge in [0.1, 0.15) is 0 Å². The smallest absolute Gasteiger partial charge is 0.0910 e. The molecule has 4 atom stereocenters. The van der Waals surface area contributed by atoms with Gasteiger partial charge in [0.25, 0.3) is 0 Å². The number of aliphatic hydroxyl groups is 2. The lowest BCUT2D eigenvalue weighted by atomic mass is 9.43. The van der Waals surface area contributed by atoms with E-state index in [1.54, 1.807) is 6.92 Å². The van der Waals surface area contributed by atoms with Crippen molar-refractivity contribution >= 4 is 0 Å². The molecule has 70 valence electrons. The lowest BCUT2D eigenvalue weighted by Crippen LogP contribution is -2.66. The molecule has 0 heterocycles. The summed E-state index contributed by atoms with van der Waals surface area (Å²) in [6, 6.07) is 0. The van der Waals surface area contributed by atoms with Crippen LogP contribution < -0.4 is 0 Å². The van der Waals surface area contributed by atoms with Crippen LogP contribution >= 0.6 is 0 Å². The van der Waals surface area contributed by atoms with Gasteiger partial charge < -0.3 is 10.2 Å². The number of aliphatic hydroxyl groups excluding tert-OH is 1. The monoisotopic (exact) mass is 170 g/mol. The van der Waals surface area contributed by atoms with Crippen molar-refractivity contribution in [2.75, 3.05) is 0 Å². The molecule has 0 radical (unpaired) electrons. The second-order valence-corrected chi connectivity index (χ2v) is 5.28. The third kappa shape index (κ3) is 0.775. The molecule has 2 nitrogen and oxygen atoms in total. The summed E-state index contributed by atoms with van der Waals surface area (Å²) < 4.78 is 0. The fraction of sp³-hybridized carbons (Fsp3) is 1.00. The van der Waals surface area contributed by atoms with E-state index in [1.165, 1.54) is 0 Å². The average molecular weight is 170 g/mol. The Kier molecular flexibility index (Phi) is 1.45. The molecule has 0 aromatic heterocycles. The van der Waals surface area contributed by atoms with Crippen LogP contribution in [0.3, 0.4) is 0 Å². The lowest BCUT2D eigenvalue weighted by Gasteiger charge is -2.64. The van der Waals surface area contributed by atoms with Gasteiger partial charge in [0.2, 0.25) is 0 Å². The summed E-state index contributed by atoms with van der Waals surface area (Å²) >= 11 is 0. The predicted octanol–water partition coefficient (Wildman–Crippen LogP) is 1.16. The van der Waals surface area contributed by atoms with Crippen LogP contribution in [0.5, 0.6) is 0 Å². The highest BCUT2D eigenvalue weighted by molar-refractivity contribution is 5.12. The SMILES string of the molecule is CC1(C)C2C[C@H]1C[C@H](O)[C@]2(C)O. The van der Waals surface area contributed by atoms with Crippen molar-refractivity contribution in [2.45, 2.75) is 45.3 Å². The summed E-state index contributed by atoms with van der Waals surface area (Å²) in [6.45, 7) is 6.18. The highest BCUT2D eigenvalue weighted by Crippen LogP contribution is 2.62. The number of hydrogen-bond donors (Lipinski definition) is 2. The molecule has 3 aliphatic carbocycles. The number of hydrogen-bond acceptors (Lipinski definition) is 2. The van der Waals surface area contributed by atoms with Gasteiger partial charge in [-0.3, -0.25) is 0 Å². The zero-order valence-corrected chi connectivity index (χ0v) is 8.04.